The van der Waals surface area contributed by atoms with Crippen molar-refractivity contribution in [3.8, 4) is 11.1 Å². The van der Waals surface area contributed by atoms with E-state index in [2.05, 4.69) is 163 Å². The Bertz CT molecular complexity index is 2020. The van der Waals surface area contributed by atoms with Crippen LogP contribution in [0.5, 0.6) is 0 Å². The van der Waals surface area contributed by atoms with Gasteiger partial charge in [0.05, 0.1) is 0 Å². The van der Waals surface area contributed by atoms with Gasteiger partial charge in [0, 0.05) is 0 Å². The molecule has 0 aliphatic heterocycles. The van der Waals surface area contributed by atoms with E-state index < -0.39 is 0 Å². The third kappa shape index (κ3) is 8.87. The van der Waals surface area contributed by atoms with Crippen LogP contribution < -0.4 is 24.8 Å². The topological polar surface area (TPSA) is 0 Å². The molecule has 0 atom stereocenters. The second-order valence-corrected chi connectivity index (χ2v) is 15.9. The second kappa shape index (κ2) is 16.7. The Balaban J connectivity index is 0.000000190. The average molecular weight is 771 g/mol. The summed E-state index contributed by atoms with van der Waals surface area (Å²) >= 11 is 1.44. The quantitative estimate of drug-likeness (QED) is 0.185. The summed E-state index contributed by atoms with van der Waals surface area (Å²) in [6.45, 7) is 13.6. The summed E-state index contributed by atoms with van der Waals surface area (Å²) in [5, 5.41) is 5.29. The Kier molecular flexibility index (Phi) is 13.1. The molecular formula is C47H44Cl2Zr-2. The van der Waals surface area contributed by atoms with Crippen LogP contribution in [0.25, 0.3) is 32.7 Å². The van der Waals surface area contributed by atoms with Crippen molar-refractivity contribution in [1.82, 2.24) is 0 Å². The van der Waals surface area contributed by atoms with Crippen LogP contribution in [-0.2, 0) is 41.5 Å². The molecule has 0 bridgehead atoms. The van der Waals surface area contributed by atoms with Gasteiger partial charge in [0.15, 0.2) is 0 Å². The van der Waals surface area contributed by atoms with Gasteiger partial charge in [-0.05, 0) is 28.4 Å². The molecule has 7 aromatic carbocycles. The number of fused-ring (bicyclic) bond motifs is 5. The first-order valence-corrected chi connectivity index (χ1v) is 18.1. The monoisotopic (exact) mass is 768 g/mol. The van der Waals surface area contributed by atoms with Gasteiger partial charge in [0.25, 0.3) is 0 Å². The van der Waals surface area contributed by atoms with Crippen molar-refractivity contribution >= 4 is 24.8 Å². The van der Waals surface area contributed by atoms with E-state index in [1.54, 1.807) is 0 Å². The zero-order valence-corrected chi connectivity index (χ0v) is 33.8. The maximum Gasteiger partial charge on any atom is -0.172 e. The van der Waals surface area contributed by atoms with Crippen molar-refractivity contribution in [1.29, 1.82) is 0 Å². The first-order valence-electron chi connectivity index (χ1n) is 16.9. The van der Waals surface area contributed by atoms with Crippen molar-refractivity contribution in [3.05, 3.63) is 185 Å². The molecule has 0 aromatic heterocycles. The van der Waals surface area contributed by atoms with E-state index in [0.29, 0.717) is 0 Å². The van der Waals surface area contributed by atoms with E-state index in [9.17, 15) is 0 Å². The molecule has 0 radical (unpaired) electrons. The molecule has 0 fully saturated rings. The summed E-state index contributed by atoms with van der Waals surface area (Å²) in [6, 6.07) is 55.6. The number of halogens is 2. The van der Waals surface area contributed by atoms with E-state index >= 15 is 0 Å². The summed E-state index contributed by atoms with van der Waals surface area (Å²) in [6.07, 6.45) is 1.03. The molecule has 252 valence electrons. The molecule has 0 N–H and O–H groups in total. The molecule has 50 heavy (non-hydrogen) atoms. The first kappa shape index (κ1) is 39.3. The SMILES string of the molecule is CC(C)(C)c1[c-]c2c(cc1)-c1ccc(C(C)(C)C)cc1C2.[Cl-].[Cl-].[Zr+2]=[C](c1cccc2ccccc12)c1cccc2ccccc12.c1cc[cH-]c1. The average Bonchev–Trinajstić information content (AvgIpc) is 3.79. The first-order chi connectivity index (χ1) is 23.0. The molecule has 3 heteroatoms. The van der Waals surface area contributed by atoms with Gasteiger partial charge in [0.2, 0.25) is 0 Å². The van der Waals surface area contributed by atoms with Gasteiger partial charge in [0.1, 0.15) is 0 Å². The van der Waals surface area contributed by atoms with E-state index in [1.165, 1.54) is 93.5 Å². The second-order valence-electron chi connectivity index (χ2n) is 14.7. The Morgan fingerprint density at radius 2 is 1.10 bits per heavy atom. The minimum atomic E-state index is 0. The fourth-order valence-corrected chi connectivity index (χ4v) is 7.45. The van der Waals surface area contributed by atoms with E-state index in [-0.39, 0.29) is 35.6 Å². The van der Waals surface area contributed by atoms with Gasteiger partial charge >= 0.3 is 145 Å². The van der Waals surface area contributed by atoms with Gasteiger partial charge in [-0.3, -0.25) is 0 Å². The summed E-state index contributed by atoms with van der Waals surface area (Å²) in [5.74, 6) is 0. The predicted molar refractivity (Wildman–Crippen MR) is 204 cm³/mol. The number of rotatable bonds is 2. The minimum Gasteiger partial charge on any atom is -0.214 e. The molecule has 1 aliphatic carbocycles. The van der Waals surface area contributed by atoms with Gasteiger partial charge in [-0.1, -0.05) is 65.3 Å². The molecule has 0 saturated carbocycles. The molecule has 0 nitrogen and oxygen atoms in total. The number of hydrogen-bond acceptors (Lipinski definition) is 0. The molecule has 0 saturated heterocycles. The van der Waals surface area contributed by atoms with Gasteiger partial charge in [-0.2, -0.15) is 42.0 Å². The van der Waals surface area contributed by atoms with Crippen LogP contribution >= 0.6 is 0 Å². The van der Waals surface area contributed by atoms with Crippen molar-refractivity contribution in [2.24, 2.45) is 0 Å². The molecule has 8 rings (SSSR count). The van der Waals surface area contributed by atoms with Crippen LogP contribution in [0.1, 0.15) is 74.9 Å². The third-order valence-electron chi connectivity index (χ3n) is 9.14. The Labute approximate surface area is 326 Å². The predicted octanol–water partition coefficient (Wildman–Crippen LogP) is 6.18. The van der Waals surface area contributed by atoms with Crippen LogP contribution in [0.15, 0.2) is 146 Å². The van der Waals surface area contributed by atoms with E-state index in [1.807, 2.05) is 30.3 Å². The maximum absolute atomic E-state index is 3.67. The summed E-state index contributed by atoms with van der Waals surface area (Å²) in [4.78, 5) is 0. The fourth-order valence-electron chi connectivity index (χ4n) is 6.38. The van der Waals surface area contributed by atoms with Crippen molar-refractivity contribution in [2.45, 2.75) is 58.8 Å². The Hall–Kier alpha value is -3.48. The molecule has 0 unspecified atom stereocenters. The Morgan fingerprint density at radius 1 is 0.580 bits per heavy atom. The summed E-state index contributed by atoms with van der Waals surface area (Å²) in [7, 11) is 0. The van der Waals surface area contributed by atoms with E-state index in [4.69, 9.17) is 0 Å². The van der Waals surface area contributed by atoms with Crippen LogP contribution in [0.3, 0.4) is 0 Å². The van der Waals surface area contributed by atoms with Crippen LogP contribution in [-0.4, -0.2) is 3.21 Å². The largest absolute Gasteiger partial charge is 0.214 e. The van der Waals surface area contributed by atoms with Crippen molar-refractivity contribution in [2.75, 3.05) is 0 Å². The van der Waals surface area contributed by atoms with Gasteiger partial charge in [-0.25, -0.2) is 12.1 Å². The maximum atomic E-state index is 3.67. The molecule has 7 aromatic rings. The number of benzene rings is 6. The fraction of sp³-hybridized carbons (Fsp3) is 0.191. The molecular weight excluding hydrogens is 727 g/mol. The minimum absolute atomic E-state index is 0. The van der Waals surface area contributed by atoms with Crippen LogP contribution in [0, 0.1) is 6.07 Å². The third-order valence-corrected chi connectivity index (χ3v) is 10.5. The Morgan fingerprint density at radius 3 is 1.60 bits per heavy atom. The molecule has 1 aliphatic rings. The standard InChI is InChI=1S/C21H14.C21H25.C5H5.2ClH.Zr/c1-3-13-20-16(7-1)9-5-11-18(20)15-19-12-6-10-17-8-2-4-14-21(17)19;1-20(2,3)16-7-9-18-14(12-16)11-15-13-17(21(4,5)6)8-10-19(15)18;1-2-4-5-3-1;;;/h1-14H;7-10,12H,11H2,1-6H3;1-5H;2*1H;/q;2*-1;;;+2/p-2. The smallest absolute Gasteiger partial charge is 0.172 e. The zero-order chi connectivity index (χ0) is 33.9. The van der Waals surface area contributed by atoms with Crippen molar-refractivity contribution < 1.29 is 49.0 Å². The molecule has 0 heterocycles. The summed E-state index contributed by atoms with van der Waals surface area (Å²) in [5.41, 5.74) is 11.4. The normalized spacial score (nSPS) is 11.5. The van der Waals surface area contributed by atoms with Crippen LogP contribution in [0.2, 0.25) is 0 Å². The van der Waals surface area contributed by atoms with Crippen LogP contribution in [0.4, 0.5) is 0 Å². The van der Waals surface area contributed by atoms with Gasteiger partial charge in [-0.15, -0.1) is 11.1 Å². The zero-order valence-electron chi connectivity index (χ0n) is 29.8. The van der Waals surface area contributed by atoms with Crippen molar-refractivity contribution in [3.63, 3.8) is 0 Å². The molecule has 0 spiro atoms. The number of hydrogen-bond donors (Lipinski definition) is 0. The molecule has 0 amide bonds. The summed E-state index contributed by atoms with van der Waals surface area (Å²) < 4.78 is 1.42. The van der Waals surface area contributed by atoms with E-state index in [0.717, 1.165) is 6.42 Å². The van der Waals surface area contributed by atoms with Gasteiger partial charge < -0.3 is 24.8 Å².